The molecule has 0 spiro atoms. The Morgan fingerprint density at radius 1 is 1.15 bits per heavy atom. The molecular formula is C25H22ClF3N2O3. The fraction of sp³-hybridized carbons (Fsp3) is 0.280. The number of allylic oxidation sites excluding steroid dienone is 2. The van der Waals surface area contributed by atoms with E-state index in [1.807, 2.05) is 0 Å². The molecule has 2 aromatic rings. The molecule has 9 heteroatoms. The number of rotatable bonds is 4. The van der Waals surface area contributed by atoms with Gasteiger partial charge in [0.15, 0.2) is 5.78 Å². The molecule has 1 atom stereocenters. The van der Waals surface area contributed by atoms with Gasteiger partial charge in [0.1, 0.15) is 5.82 Å². The molecule has 0 unspecified atom stereocenters. The number of halogens is 4. The van der Waals surface area contributed by atoms with Gasteiger partial charge in [-0.3, -0.25) is 9.69 Å². The Morgan fingerprint density at radius 3 is 2.47 bits per heavy atom. The Kier molecular flexibility index (Phi) is 6.45. The molecule has 0 bridgehead atoms. The number of alkyl halides is 3. The van der Waals surface area contributed by atoms with Crippen molar-refractivity contribution in [1.29, 1.82) is 0 Å². The number of Topliss-reactive ketones (excluding diaryl/α,β-unsaturated/α-hetero) is 1. The van der Waals surface area contributed by atoms with Crippen molar-refractivity contribution in [2.45, 2.75) is 38.3 Å². The summed E-state index contributed by atoms with van der Waals surface area (Å²) in [4.78, 5) is 27.6. The van der Waals surface area contributed by atoms with Crippen LogP contribution in [0.3, 0.4) is 0 Å². The normalized spacial score (nSPS) is 18.8. The summed E-state index contributed by atoms with van der Waals surface area (Å²) in [5, 5.41) is 0.458. The number of ether oxygens (including phenoxy) is 1. The zero-order valence-electron chi connectivity index (χ0n) is 18.3. The predicted octanol–water partition coefficient (Wildman–Crippen LogP) is 5.70. The fourth-order valence-corrected chi connectivity index (χ4v) is 4.69. The maximum Gasteiger partial charge on any atom is 0.418 e. The molecule has 4 rings (SSSR count). The van der Waals surface area contributed by atoms with Gasteiger partial charge in [-0.15, -0.1) is 0 Å². The summed E-state index contributed by atoms with van der Waals surface area (Å²) in [5.41, 5.74) is 6.42. The van der Waals surface area contributed by atoms with E-state index in [9.17, 15) is 22.8 Å². The number of benzene rings is 2. The lowest BCUT2D eigenvalue weighted by atomic mass is 9.75. The molecule has 0 aromatic heterocycles. The lowest BCUT2D eigenvalue weighted by molar-refractivity contribution is -0.139. The van der Waals surface area contributed by atoms with Crippen LogP contribution in [-0.2, 0) is 20.5 Å². The van der Waals surface area contributed by atoms with Crippen molar-refractivity contribution >= 4 is 29.0 Å². The molecule has 2 N–H and O–H groups in total. The third-order valence-corrected chi connectivity index (χ3v) is 6.19. The van der Waals surface area contributed by atoms with Crippen LogP contribution in [0.1, 0.15) is 43.2 Å². The smallest absolute Gasteiger partial charge is 0.418 e. The Morgan fingerprint density at radius 2 is 1.82 bits per heavy atom. The van der Waals surface area contributed by atoms with Crippen LogP contribution in [0.15, 0.2) is 71.2 Å². The van der Waals surface area contributed by atoms with Crippen LogP contribution in [-0.4, -0.2) is 18.4 Å². The molecule has 5 nitrogen and oxygen atoms in total. The van der Waals surface area contributed by atoms with E-state index in [4.69, 9.17) is 22.1 Å². The summed E-state index contributed by atoms with van der Waals surface area (Å²) in [5.74, 6) is -2.11. The van der Waals surface area contributed by atoms with Crippen LogP contribution in [0.4, 0.5) is 18.9 Å². The van der Waals surface area contributed by atoms with Gasteiger partial charge in [-0.2, -0.15) is 13.2 Å². The maximum absolute atomic E-state index is 13.9. The van der Waals surface area contributed by atoms with Gasteiger partial charge < -0.3 is 10.5 Å². The number of para-hydroxylation sites is 1. The highest BCUT2D eigenvalue weighted by Gasteiger charge is 2.45. The molecule has 2 aliphatic rings. The molecule has 34 heavy (non-hydrogen) atoms. The Bertz CT molecular complexity index is 1200. The number of carbonyl (C=O) groups excluding carboxylic acids is 2. The van der Waals surface area contributed by atoms with Crippen molar-refractivity contribution in [3.8, 4) is 0 Å². The van der Waals surface area contributed by atoms with Gasteiger partial charge in [-0.25, -0.2) is 4.79 Å². The highest BCUT2D eigenvalue weighted by atomic mass is 35.5. The van der Waals surface area contributed by atoms with E-state index in [0.29, 0.717) is 29.1 Å². The van der Waals surface area contributed by atoms with Crippen LogP contribution in [0.25, 0.3) is 0 Å². The van der Waals surface area contributed by atoms with E-state index in [-0.39, 0.29) is 41.5 Å². The molecule has 0 saturated carbocycles. The molecule has 0 amide bonds. The summed E-state index contributed by atoms with van der Waals surface area (Å²) in [6, 6.07) is 11.5. The summed E-state index contributed by atoms with van der Waals surface area (Å²) in [7, 11) is 0. The van der Waals surface area contributed by atoms with E-state index >= 15 is 0 Å². The zero-order valence-corrected chi connectivity index (χ0v) is 19.0. The second-order valence-corrected chi connectivity index (χ2v) is 8.43. The topological polar surface area (TPSA) is 72.6 Å². The molecule has 1 heterocycles. The molecule has 0 fully saturated rings. The molecule has 178 valence electrons. The lowest BCUT2D eigenvalue weighted by Crippen LogP contribution is -2.41. The average Bonchev–Trinajstić information content (AvgIpc) is 2.78. The number of nitrogens with zero attached hydrogens (tertiary/aromatic N) is 1. The molecule has 0 radical (unpaired) electrons. The SMILES string of the molecule is CCOC(=O)C1=C(N)N(c2ccccc2C(F)(F)F)C2=C(C(=O)CCC2)[C@H]1c1ccc(Cl)cc1. The fourth-order valence-electron chi connectivity index (χ4n) is 4.57. The first kappa shape index (κ1) is 23.9. The van der Waals surface area contributed by atoms with E-state index in [2.05, 4.69) is 0 Å². The second kappa shape index (κ2) is 9.18. The minimum Gasteiger partial charge on any atom is -0.463 e. The zero-order chi connectivity index (χ0) is 24.6. The Labute approximate surface area is 199 Å². The third-order valence-electron chi connectivity index (χ3n) is 5.94. The monoisotopic (exact) mass is 490 g/mol. The second-order valence-electron chi connectivity index (χ2n) is 7.99. The highest BCUT2D eigenvalue weighted by Crippen LogP contribution is 2.49. The Balaban J connectivity index is 2.03. The number of carbonyl (C=O) groups is 2. The third kappa shape index (κ3) is 4.18. The van der Waals surface area contributed by atoms with Gasteiger partial charge in [0, 0.05) is 22.7 Å². The number of anilines is 1. The van der Waals surface area contributed by atoms with Crippen molar-refractivity contribution in [3.63, 3.8) is 0 Å². The lowest BCUT2D eigenvalue weighted by Gasteiger charge is -2.41. The summed E-state index contributed by atoms with van der Waals surface area (Å²) in [6.45, 7) is 1.64. The van der Waals surface area contributed by atoms with Crippen LogP contribution >= 0.6 is 11.6 Å². The molecule has 0 saturated heterocycles. The molecule has 1 aliphatic carbocycles. The van der Waals surface area contributed by atoms with E-state index in [1.54, 1.807) is 31.2 Å². The summed E-state index contributed by atoms with van der Waals surface area (Å²) < 4.78 is 47.0. The van der Waals surface area contributed by atoms with Crippen molar-refractivity contribution < 1.29 is 27.5 Å². The predicted molar refractivity (Wildman–Crippen MR) is 122 cm³/mol. The number of ketones is 1. The Hall–Kier alpha value is -3.26. The van der Waals surface area contributed by atoms with Crippen LogP contribution in [0.2, 0.25) is 5.02 Å². The minimum absolute atomic E-state index is 0.0297. The van der Waals surface area contributed by atoms with Crippen LogP contribution in [0.5, 0.6) is 0 Å². The van der Waals surface area contributed by atoms with Crippen molar-refractivity contribution in [3.05, 3.63) is 87.3 Å². The van der Waals surface area contributed by atoms with Crippen molar-refractivity contribution in [1.82, 2.24) is 0 Å². The number of hydrogen-bond acceptors (Lipinski definition) is 5. The molecule has 1 aliphatic heterocycles. The average molecular weight is 491 g/mol. The van der Waals surface area contributed by atoms with Gasteiger partial charge in [-0.1, -0.05) is 35.9 Å². The standard InChI is InChI=1S/C25H22ClF3N2O3/c1-2-34-24(33)22-20(14-10-12-15(26)13-11-14)21-18(8-5-9-19(21)32)31(23(22)30)17-7-4-3-6-16(17)25(27,28)29/h3-4,6-7,10-13,20H,2,5,8-9,30H2,1H3/t20-/m1/s1. The van der Waals surface area contributed by atoms with E-state index in [0.717, 1.165) is 6.07 Å². The van der Waals surface area contributed by atoms with Crippen LogP contribution < -0.4 is 10.6 Å². The molecule has 2 aromatic carbocycles. The number of esters is 1. The number of hydrogen-bond donors (Lipinski definition) is 1. The van der Waals surface area contributed by atoms with E-state index in [1.165, 1.54) is 23.1 Å². The van der Waals surface area contributed by atoms with E-state index < -0.39 is 23.6 Å². The van der Waals surface area contributed by atoms with Crippen LogP contribution in [0, 0.1) is 0 Å². The van der Waals surface area contributed by atoms with Gasteiger partial charge in [-0.05, 0) is 49.6 Å². The molecular weight excluding hydrogens is 469 g/mol. The quantitative estimate of drug-likeness (QED) is 0.556. The number of nitrogens with two attached hydrogens (primary N) is 1. The van der Waals surface area contributed by atoms with Gasteiger partial charge in [0.2, 0.25) is 0 Å². The first-order valence-corrected chi connectivity index (χ1v) is 11.2. The van der Waals surface area contributed by atoms with Gasteiger partial charge in [0.25, 0.3) is 0 Å². The van der Waals surface area contributed by atoms with Gasteiger partial charge in [0.05, 0.1) is 29.3 Å². The summed E-state index contributed by atoms with van der Waals surface area (Å²) in [6.07, 6.45) is -3.67. The first-order valence-electron chi connectivity index (χ1n) is 10.8. The minimum atomic E-state index is -4.67. The van der Waals surface area contributed by atoms with Gasteiger partial charge >= 0.3 is 12.1 Å². The maximum atomic E-state index is 13.9. The van der Waals surface area contributed by atoms with Crippen molar-refractivity contribution in [2.75, 3.05) is 11.5 Å². The largest absolute Gasteiger partial charge is 0.463 e. The summed E-state index contributed by atoms with van der Waals surface area (Å²) >= 11 is 6.04. The highest BCUT2D eigenvalue weighted by molar-refractivity contribution is 6.30. The van der Waals surface area contributed by atoms with Crippen molar-refractivity contribution in [2.24, 2.45) is 5.73 Å². The first-order chi connectivity index (χ1) is 16.1.